The van der Waals surface area contributed by atoms with Gasteiger partial charge in [-0.2, -0.15) is 0 Å². The molecule has 2 amide bonds. The number of ether oxygens (including phenoxy) is 2. The van der Waals surface area contributed by atoms with Crippen molar-refractivity contribution in [1.82, 2.24) is 10.6 Å². The zero-order valence-electron chi connectivity index (χ0n) is 16.1. The lowest BCUT2D eigenvalue weighted by Gasteiger charge is -2.14. The number of carbonyl (C=O) groups is 3. The number of nitrogens with one attached hydrogen (secondary N) is 2. The van der Waals surface area contributed by atoms with E-state index >= 15 is 0 Å². The fourth-order valence-corrected chi connectivity index (χ4v) is 3.36. The highest BCUT2D eigenvalue weighted by Gasteiger charge is 2.27. The van der Waals surface area contributed by atoms with Crippen LogP contribution in [0.4, 0.5) is 0 Å². The fourth-order valence-electron chi connectivity index (χ4n) is 3.12. The van der Waals surface area contributed by atoms with Crippen LogP contribution in [0.2, 0.25) is 5.02 Å². The lowest BCUT2D eigenvalue weighted by Crippen LogP contribution is -2.40. The first-order valence-electron chi connectivity index (χ1n) is 9.06. The van der Waals surface area contributed by atoms with Crippen LogP contribution in [0.3, 0.4) is 0 Å². The predicted octanol–water partition coefficient (Wildman–Crippen LogP) is 2.35. The van der Waals surface area contributed by atoms with Crippen molar-refractivity contribution < 1.29 is 23.9 Å². The lowest BCUT2D eigenvalue weighted by atomic mass is 9.99. The number of hydrogen-bond acceptors (Lipinski definition) is 5. The van der Waals surface area contributed by atoms with Crippen molar-refractivity contribution in [3.8, 4) is 16.9 Å². The summed E-state index contributed by atoms with van der Waals surface area (Å²) in [5, 5.41) is 5.78. The number of methoxy groups -OCH3 is 1. The minimum Gasteiger partial charge on any atom is -0.487 e. The van der Waals surface area contributed by atoms with Gasteiger partial charge in [-0.05, 0) is 29.8 Å². The average molecular weight is 417 g/mol. The van der Waals surface area contributed by atoms with Crippen LogP contribution in [0.15, 0.2) is 36.4 Å². The number of hydrogen-bond donors (Lipinski definition) is 2. The van der Waals surface area contributed by atoms with Gasteiger partial charge in [-0.1, -0.05) is 23.7 Å². The summed E-state index contributed by atoms with van der Waals surface area (Å²) in [4.78, 5) is 34.3. The summed E-state index contributed by atoms with van der Waals surface area (Å²) in [6.45, 7) is 1.59. The number of carbonyl (C=O) groups excluding carboxylic acids is 3. The minimum absolute atomic E-state index is 0.0708. The fraction of sp³-hybridized carbons (Fsp3) is 0.286. The van der Waals surface area contributed by atoms with Crippen LogP contribution >= 0.6 is 11.6 Å². The lowest BCUT2D eigenvalue weighted by molar-refractivity contribution is -0.125. The highest BCUT2D eigenvalue weighted by Crippen LogP contribution is 2.41. The van der Waals surface area contributed by atoms with E-state index in [4.69, 9.17) is 21.1 Å². The van der Waals surface area contributed by atoms with Crippen LogP contribution in [0, 0.1) is 0 Å². The van der Waals surface area contributed by atoms with Gasteiger partial charge in [-0.15, -0.1) is 0 Å². The molecule has 0 radical (unpaired) electrons. The van der Waals surface area contributed by atoms with E-state index in [0.29, 0.717) is 29.3 Å². The van der Waals surface area contributed by atoms with Crippen LogP contribution < -0.4 is 15.4 Å². The van der Waals surface area contributed by atoms with Gasteiger partial charge in [0.2, 0.25) is 11.8 Å². The molecule has 2 aromatic rings. The Balaban J connectivity index is 1.72. The van der Waals surface area contributed by atoms with Crippen LogP contribution in [0.5, 0.6) is 5.75 Å². The summed E-state index contributed by atoms with van der Waals surface area (Å²) >= 11 is 6.29. The molecule has 0 spiro atoms. The molecule has 0 bridgehead atoms. The molecule has 8 heteroatoms. The number of benzene rings is 2. The molecule has 152 valence electrons. The van der Waals surface area contributed by atoms with E-state index in [0.717, 1.165) is 16.7 Å². The molecule has 0 aliphatic carbocycles. The topological polar surface area (TPSA) is 93.7 Å². The van der Waals surface area contributed by atoms with E-state index in [1.165, 1.54) is 14.0 Å². The van der Waals surface area contributed by atoms with Crippen molar-refractivity contribution in [3.63, 3.8) is 0 Å². The second-order valence-electron chi connectivity index (χ2n) is 6.67. The van der Waals surface area contributed by atoms with E-state index in [1.807, 2.05) is 24.3 Å². The smallest absolute Gasteiger partial charge is 0.337 e. The third-order valence-corrected chi connectivity index (χ3v) is 4.72. The Morgan fingerprint density at radius 3 is 2.55 bits per heavy atom. The van der Waals surface area contributed by atoms with E-state index in [1.54, 1.807) is 12.1 Å². The number of rotatable bonds is 6. The molecule has 0 saturated carbocycles. The van der Waals surface area contributed by atoms with E-state index in [9.17, 15) is 14.4 Å². The van der Waals surface area contributed by atoms with Crippen molar-refractivity contribution in [1.29, 1.82) is 0 Å². The molecule has 0 unspecified atom stereocenters. The highest BCUT2D eigenvalue weighted by atomic mass is 35.5. The van der Waals surface area contributed by atoms with E-state index in [-0.39, 0.29) is 24.5 Å². The Morgan fingerprint density at radius 2 is 1.90 bits per heavy atom. The summed E-state index contributed by atoms with van der Waals surface area (Å²) in [7, 11) is 1.34. The zero-order chi connectivity index (χ0) is 21.0. The van der Waals surface area contributed by atoms with Gasteiger partial charge in [0.1, 0.15) is 11.9 Å². The standard InChI is InChI=1S/C21H21ClN2O5/c1-12(25)23-11-19(26)24-10-17-8-15-7-16(22)9-18(20(15)29-17)13-3-5-14(6-4-13)21(27)28-2/h3-7,9,17H,8,10-11H2,1-2H3,(H,23,25)(H,24,26)/t17-/m1/s1. The minimum atomic E-state index is -0.404. The second-order valence-corrected chi connectivity index (χ2v) is 7.10. The Labute approximate surface area is 173 Å². The molecule has 0 fully saturated rings. The van der Waals surface area contributed by atoms with Crippen molar-refractivity contribution in [3.05, 3.63) is 52.5 Å². The number of fused-ring (bicyclic) bond motifs is 1. The first-order valence-corrected chi connectivity index (χ1v) is 9.44. The summed E-state index contributed by atoms with van der Waals surface area (Å²) in [6, 6.07) is 10.6. The van der Waals surface area contributed by atoms with Gasteiger partial charge < -0.3 is 20.1 Å². The van der Waals surface area contributed by atoms with Crippen molar-refractivity contribution in [2.75, 3.05) is 20.2 Å². The number of amides is 2. The normalized spacial score (nSPS) is 14.5. The predicted molar refractivity (Wildman–Crippen MR) is 108 cm³/mol. The van der Waals surface area contributed by atoms with Gasteiger partial charge in [-0.3, -0.25) is 9.59 Å². The van der Waals surface area contributed by atoms with E-state index < -0.39 is 5.97 Å². The van der Waals surface area contributed by atoms with Crippen LogP contribution in [0.1, 0.15) is 22.8 Å². The Kier molecular flexibility index (Phi) is 6.39. The molecule has 1 atom stereocenters. The molecule has 1 aliphatic rings. The first kappa shape index (κ1) is 20.7. The van der Waals surface area contributed by atoms with Crippen molar-refractivity contribution in [2.45, 2.75) is 19.4 Å². The Hall–Kier alpha value is -3.06. The number of halogens is 1. The third kappa shape index (κ3) is 5.06. The quantitative estimate of drug-likeness (QED) is 0.705. The van der Waals surface area contributed by atoms with Gasteiger partial charge >= 0.3 is 5.97 Å². The van der Waals surface area contributed by atoms with E-state index in [2.05, 4.69) is 10.6 Å². The highest BCUT2D eigenvalue weighted by molar-refractivity contribution is 6.31. The van der Waals surface area contributed by atoms with Crippen LogP contribution in [-0.4, -0.2) is 44.1 Å². The zero-order valence-corrected chi connectivity index (χ0v) is 16.8. The summed E-state index contributed by atoms with van der Waals surface area (Å²) in [5.41, 5.74) is 3.07. The van der Waals surface area contributed by atoms with Gasteiger partial charge in [0.05, 0.1) is 25.8 Å². The average Bonchev–Trinajstić information content (AvgIpc) is 3.12. The van der Waals surface area contributed by atoms with Gasteiger partial charge in [0.15, 0.2) is 0 Å². The maximum Gasteiger partial charge on any atom is 0.337 e. The molecule has 3 rings (SSSR count). The Bertz CT molecular complexity index is 943. The molecule has 1 aliphatic heterocycles. The third-order valence-electron chi connectivity index (χ3n) is 4.50. The molecule has 1 heterocycles. The molecule has 2 N–H and O–H groups in total. The molecular formula is C21H21ClN2O5. The number of esters is 1. The van der Waals surface area contributed by atoms with Gasteiger partial charge in [-0.25, -0.2) is 4.79 Å². The molecule has 0 saturated heterocycles. The van der Waals surface area contributed by atoms with Crippen LogP contribution in [0.25, 0.3) is 11.1 Å². The van der Waals surface area contributed by atoms with Crippen LogP contribution in [-0.2, 0) is 20.7 Å². The largest absolute Gasteiger partial charge is 0.487 e. The monoisotopic (exact) mass is 416 g/mol. The summed E-state index contributed by atoms with van der Waals surface area (Å²) < 4.78 is 10.8. The van der Waals surface area contributed by atoms with Crippen molar-refractivity contribution >= 4 is 29.4 Å². The molecular weight excluding hydrogens is 396 g/mol. The maximum absolute atomic E-state index is 11.8. The SMILES string of the molecule is COC(=O)c1ccc(-c2cc(Cl)cc3c2O[C@@H](CNC(=O)CNC(C)=O)C3)cc1. The molecule has 2 aromatic carbocycles. The molecule has 7 nitrogen and oxygen atoms in total. The first-order chi connectivity index (χ1) is 13.9. The second kappa shape index (κ2) is 8.96. The Morgan fingerprint density at radius 1 is 1.17 bits per heavy atom. The molecule has 29 heavy (non-hydrogen) atoms. The maximum atomic E-state index is 11.8. The van der Waals surface area contributed by atoms with Gasteiger partial charge in [0.25, 0.3) is 0 Å². The molecule has 0 aromatic heterocycles. The summed E-state index contributed by atoms with van der Waals surface area (Å²) in [5.74, 6) is -0.237. The van der Waals surface area contributed by atoms with Crippen molar-refractivity contribution in [2.24, 2.45) is 0 Å². The summed E-state index contributed by atoms with van der Waals surface area (Å²) in [6.07, 6.45) is 0.363. The van der Waals surface area contributed by atoms with Gasteiger partial charge in [0, 0.05) is 29.5 Å².